The van der Waals surface area contributed by atoms with Gasteiger partial charge in [0.15, 0.2) is 0 Å². The molecule has 2 aliphatic carbocycles. The Morgan fingerprint density at radius 3 is 2.30 bits per heavy atom. The number of nitrogens with zero attached hydrogens (tertiary/aromatic N) is 1. The molecular formula is C40H43NOSi. The Balaban J connectivity index is 1.25. The summed E-state index contributed by atoms with van der Waals surface area (Å²) in [5.41, 5.74) is 4.24. The van der Waals surface area contributed by atoms with E-state index in [1.54, 1.807) is 0 Å². The van der Waals surface area contributed by atoms with Crippen molar-refractivity contribution in [2.75, 3.05) is 0 Å². The van der Waals surface area contributed by atoms with Crippen molar-refractivity contribution < 1.29 is 9.90 Å². The van der Waals surface area contributed by atoms with Gasteiger partial charge in [0, 0.05) is 33.4 Å². The summed E-state index contributed by atoms with van der Waals surface area (Å²) < 4.78 is 41.5. The van der Waals surface area contributed by atoms with Gasteiger partial charge in [-0.15, -0.1) is 0 Å². The first-order valence-electron chi connectivity index (χ1n) is 18.2. The van der Waals surface area contributed by atoms with E-state index in [-0.39, 0.29) is 5.56 Å². The average molecular weight is 586 g/mol. The van der Waals surface area contributed by atoms with Gasteiger partial charge in [-0.3, -0.25) is 4.98 Å². The van der Waals surface area contributed by atoms with Crippen LogP contribution in [0.1, 0.15) is 80.3 Å². The largest absolute Gasteiger partial charge is 0.455 e. The molecule has 0 bridgehead atoms. The number of aromatic nitrogens is 1. The van der Waals surface area contributed by atoms with Gasteiger partial charge in [0.2, 0.25) is 0 Å². The van der Waals surface area contributed by atoms with Crippen molar-refractivity contribution >= 4 is 56.7 Å². The van der Waals surface area contributed by atoms with E-state index in [2.05, 4.69) is 68.2 Å². The zero-order chi connectivity index (χ0) is 32.8. The molecule has 6 aromatic rings. The van der Waals surface area contributed by atoms with Gasteiger partial charge in [-0.05, 0) is 108 Å². The SMILES string of the molecule is [2H]C([2H])([2H])c1cnc(-c2cccc3c2oc2c3ccc3c4ccc([Si](C)(C)C)cc4ccc32)cc1C1([2H])CCC2(CCCCC2)CC1. The van der Waals surface area contributed by atoms with Crippen LogP contribution in [0.25, 0.3) is 54.7 Å². The number of aryl methyl sites for hydroxylation is 1. The summed E-state index contributed by atoms with van der Waals surface area (Å²) in [7, 11) is -1.43. The third-order valence-electron chi connectivity index (χ3n) is 10.7. The minimum atomic E-state index is -2.34. The summed E-state index contributed by atoms with van der Waals surface area (Å²) in [6.45, 7) is 4.80. The molecule has 2 fully saturated rings. The molecule has 8 rings (SSSR count). The first kappa shape index (κ1) is 23.0. The Morgan fingerprint density at radius 2 is 1.51 bits per heavy atom. The number of benzene rings is 4. The van der Waals surface area contributed by atoms with Crippen LogP contribution in [0.2, 0.25) is 19.6 Å². The zero-order valence-corrected chi connectivity index (χ0v) is 26.6. The molecule has 2 aromatic heterocycles. The van der Waals surface area contributed by atoms with E-state index in [1.165, 1.54) is 59.6 Å². The highest BCUT2D eigenvalue weighted by molar-refractivity contribution is 6.88. The Labute approximate surface area is 262 Å². The van der Waals surface area contributed by atoms with Gasteiger partial charge in [-0.2, -0.15) is 0 Å². The molecule has 4 aromatic carbocycles. The van der Waals surface area contributed by atoms with Gasteiger partial charge in [0.1, 0.15) is 11.2 Å². The van der Waals surface area contributed by atoms with Crippen molar-refractivity contribution in [3.8, 4) is 11.3 Å². The molecule has 0 N–H and O–H groups in total. The minimum absolute atomic E-state index is 0.211. The molecule has 1 spiro atoms. The highest BCUT2D eigenvalue weighted by Gasteiger charge is 2.37. The van der Waals surface area contributed by atoms with E-state index in [0.717, 1.165) is 45.7 Å². The molecular weight excluding hydrogens is 539 g/mol. The van der Waals surface area contributed by atoms with Crippen molar-refractivity contribution in [1.82, 2.24) is 4.98 Å². The van der Waals surface area contributed by atoms with Crippen molar-refractivity contribution in [2.45, 2.75) is 90.2 Å². The van der Waals surface area contributed by atoms with Crippen molar-refractivity contribution in [1.29, 1.82) is 0 Å². The Kier molecular flexibility index (Phi) is 5.38. The van der Waals surface area contributed by atoms with Crippen LogP contribution in [-0.4, -0.2) is 13.1 Å². The Morgan fingerprint density at radius 1 is 0.791 bits per heavy atom. The standard InChI is InChI=1S/C40H43NOSi/c1-26-25-41-37(24-36(26)27-17-21-40(22-18-27)19-6-5-7-20-40)35-10-8-9-32-34-16-15-31-30-14-12-29(43(2,3)4)23-28(30)11-13-33(31)38(34)42-39(32)35/h8-16,23-25,27H,5-7,17-22H2,1-4H3/i1D3,27D. The lowest BCUT2D eigenvalue weighted by Gasteiger charge is -2.43. The van der Waals surface area contributed by atoms with Crippen LogP contribution < -0.4 is 5.19 Å². The lowest BCUT2D eigenvalue weighted by molar-refractivity contribution is 0.114. The molecule has 0 radical (unpaired) electrons. The quantitative estimate of drug-likeness (QED) is 0.152. The summed E-state index contributed by atoms with van der Waals surface area (Å²) >= 11 is 0. The second-order valence-electron chi connectivity index (χ2n) is 14.4. The predicted molar refractivity (Wildman–Crippen MR) is 186 cm³/mol. The van der Waals surface area contributed by atoms with Crippen LogP contribution in [0.3, 0.4) is 0 Å². The second kappa shape index (κ2) is 10.1. The van der Waals surface area contributed by atoms with Crippen molar-refractivity contribution in [3.05, 3.63) is 84.1 Å². The van der Waals surface area contributed by atoms with Gasteiger partial charge in [0.25, 0.3) is 0 Å². The fourth-order valence-corrected chi connectivity index (χ4v) is 9.29. The van der Waals surface area contributed by atoms with Gasteiger partial charge in [0.05, 0.1) is 13.8 Å². The number of hydrogen-bond acceptors (Lipinski definition) is 2. The highest BCUT2D eigenvalue weighted by atomic mass is 28.3. The maximum absolute atomic E-state index is 9.70. The predicted octanol–water partition coefficient (Wildman–Crippen LogP) is 11.4. The van der Waals surface area contributed by atoms with E-state index in [0.29, 0.717) is 29.5 Å². The van der Waals surface area contributed by atoms with E-state index >= 15 is 0 Å². The zero-order valence-electron chi connectivity index (χ0n) is 29.6. The van der Waals surface area contributed by atoms with Crippen LogP contribution in [0.15, 0.2) is 77.3 Å². The molecule has 2 nitrogen and oxygen atoms in total. The molecule has 0 saturated heterocycles. The molecule has 2 aliphatic rings. The van der Waals surface area contributed by atoms with E-state index in [1.807, 2.05) is 18.2 Å². The fourth-order valence-electron chi connectivity index (χ4n) is 8.12. The third-order valence-corrected chi connectivity index (χ3v) is 12.8. The molecule has 2 heterocycles. The smallest absolute Gasteiger partial charge is 0.144 e. The Hall–Kier alpha value is -3.43. The van der Waals surface area contributed by atoms with E-state index in [9.17, 15) is 1.37 Å². The van der Waals surface area contributed by atoms with Crippen LogP contribution in [0, 0.1) is 12.3 Å². The maximum Gasteiger partial charge on any atom is 0.144 e. The number of fused-ring (bicyclic) bond motifs is 7. The average Bonchev–Trinajstić information content (AvgIpc) is 3.45. The van der Waals surface area contributed by atoms with Gasteiger partial charge in [-0.1, -0.05) is 86.6 Å². The van der Waals surface area contributed by atoms with Gasteiger partial charge >= 0.3 is 0 Å². The highest BCUT2D eigenvalue weighted by Crippen LogP contribution is 2.51. The number of para-hydroxylation sites is 1. The normalized spacial score (nSPS) is 20.3. The van der Waals surface area contributed by atoms with Gasteiger partial charge < -0.3 is 4.42 Å². The first-order chi connectivity index (χ1) is 22.4. The molecule has 0 aliphatic heterocycles. The van der Waals surface area contributed by atoms with E-state index in [4.69, 9.17) is 13.5 Å². The number of furan rings is 1. The van der Waals surface area contributed by atoms with Crippen LogP contribution in [0.4, 0.5) is 0 Å². The molecule has 218 valence electrons. The number of pyridine rings is 1. The molecule has 0 amide bonds. The number of rotatable bonds is 3. The van der Waals surface area contributed by atoms with E-state index < -0.39 is 20.8 Å². The minimum Gasteiger partial charge on any atom is -0.455 e. The lowest BCUT2D eigenvalue weighted by Crippen LogP contribution is -2.37. The second-order valence-corrected chi connectivity index (χ2v) is 19.4. The topological polar surface area (TPSA) is 26.0 Å². The van der Waals surface area contributed by atoms with Crippen LogP contribution in [-0.2, 0) is 0 Å². The summed E-state index contributed by atoms with van der Waals surface area (Å²) in [6, 6.07) is 23.7. The Bertz CT molecular complexity index is 2180. The lowest BCUT2D eigenvalue weighted by atomic mass is 9.62. The fraction of sp³-hybridized carbons (Fsp3) is 0.375. The molecule has 0 atom stereocenters. The van der Waals surface area contributed by atoms with Crippen molar-refractivity contribution in [2.24, 2.45) is 5.41 Å². The monoisotopic (exact) mass is 585 g/mol. The molecule has 43 heavy (non-hydrogen) atoms. The maximum atomic E-state index is 9.70. The summed E-state index contributed by atoms with van der Waals surface area (Å²) in [4.78, 5) is 4.74. The van der Waals surface area contributed by atoms with Gasteiger partial charge in [-0.25, -0.2) is 0 Å². The summed E-state index contributed by atoms with van der Waals surface area (Å²) in [5.74, 6) is -0.946. The summed E-state index contributed by atoms with van der Waals surface area (Å²) in [6.07, 6.45) is 11.2. The molecule has 0 unspecified atom stereocenters. The van der Waals surface area contributed by atoms with Crippen LogP contribution >= 0.6 is 0 Å². The van der Waals surface area contributed by atoms with Crippen molar-refractivity contribution in [3.63, 3.8) is 0 Å². The third kappa shape index (κ3) is 4.54. The van der Waals surface area contributed by atoms with Crippen LogP contribution in [0.5, 0.6) is 0 Å². The summed E-state index contributed by atoms with van der Waals surface area (Å²) in [5, 5.41) is 8.23. The molecule has 2 saturated carbocycles. The number of hydrogen-bond donors (Lipinski definition) is 0. The molecule has 3 heteroatoms. The first-order valence-corrected chi connectivity index (χ1v) is 19.7.